The molecule has 2 aromatic rings. The van der Waals surface area contributed by atoms with E-state index >= 15 is 0 Å². The van der Waals surface area contributed by atoms with Gasteiger partial charge >= 0.3 is 6.03 Å². The summed E-state index contributed by atoms with van der Waals surface area (Å²) < 4.78 is 1.98. The SMILES string of the molecule is O=C(Nc1ccc(I)cc1)Nc1ccccc1Br. The Bertz CT molecular complexity index is 557. The van der Waals surface area contributed by atoms with Gasteiger partial charge in [0.05, 0.1) is 5.69 Å². The molecule has 2 aromatic carbocycles. The van der Waals surface area contributed by atoms with Gasteiger partial charge in [0.2, 0.25) is 0 Å². The number of para-hydroxylation sites is 1. The van der Waals surface area contributed by atoms with Gasteiger partial charge < -0.3 is 10.6 Å². The summed E-state index contributed by atoms with van der Waals surface area (Å²) in [5.41, 5.74) is 1.50. The Balaban J connectivity index is 2.01. The fourth-order valence-electron chi connectivity index (χ4n) is 1.38. The maximum absolute atomic E-state index is 11.8. The molecule has 18 heavy (non-hydrogen) atoms. The summed E-state index contributed by atoms with van der Waals surface area (Å²) in [6.07, 6.45) is 0. The van der Waals surface area contributed by atoms with Crippen LogP contribution in [0.4, 0.5) is 16.2 Å². The van der Waals surface area contributed by atoms with Gasteiger partial charge in [0, 0.05) is 13.7 Å². The molecular formula is C13H10BrIN2O. The molecule has 5 heteroatoms. The Morgan fingerprint density at radius 3 is 2.33 bits per heavy atom. The number of hydrogen-bond donors (Lipinski definition) is 2. The minimum Gasteiger partial charge on any atom is -0.308 e. The lowest BCUT2D eigenvalue weighted by Gasteiger charge is -2.08. The zero-order valence-electron chi connectivity index (χ0n) is 9.28. The minimum atomic E-state index is -0.261. The van der Waals surface area contributed by atoms with Crippen LogP contribution in [0, 0.1) is 3.57 Å². The van der Waals surface area contributed by atoms with E-state index in [9.17, 15) is 4.79 Å². The fourth-order valence-corrected chi connectivity index (χ4v) is 2.12. The Morgan fingerprint density at radius 1 is 1.00 bits per heavy atom. The van der Waals surface area contributed by atoms with Crippen molar-refractivity contribution in [1.82, 2.24) is 0 Å². The Kier molecular flexibility index (Phi) is 4.60. The van der Waals surface area contributed by atoms with Gasteiger partial charge in [-0.3, -0.25) is 0 Å². The number of urea groups is 1. The first-order chi connectivity index (χ1) is 8.65. The number of hydrogen-bond acceptors (Lipinski definition) is 1. The lowest BCUT2D eigenvalue weighted by molar-refractivity contribution is 0.262. The number of anilines is 2. The molecule has 0 fully saturated rings. The monoisotopic (exact) mass is 416 g/mol. The maximum Gasteiger partial charge on any atom is 0.323 e. The molecule has 0 atom stereocenters. The van der Waals surface area contributed by atoms with Crippen molar-refractivity contribution in [2.75, 3.05) is 10.6 Å². The molecule has 0 saturated carbocycles. The quantitative estimate of drug-likeness (QED) is 0.684. The van der Waals surface area contributed by atoms with E-state index in [1.807, 2.05) is 48.5 Å². The highest BCUT2D eigenvalue weighted by Gasteiger charge is 2.04. The Morgan fingerprint density at radius 2 is 1.67 bits per heavy atom. The third kappa shape index (κ3) is 3.71. The molecule has 0 bridgehead atoms. The number of rotatable bonds is 2. The Hall–Kier alpha value is -1.08. The topological polar surface area (TPSA) is 41.1 Å². The minimum absolute atomic E-state index is 0.261. The third-order valence-corrected chi connectivity index (χ3v) is 3.63. The summed E-state index contributed by atoms with van der Waals surface area (Å²) in [5.74, 6) is 0. The fraction of sp³-hybridized carbons (Fsp3) is 0. The highest BCUT2D eigenvalue weighted by molar-refractivity contribution is 14.1. The van der Waals surface area contributed by atoms with Crippen LogP contribution in [-0.2, 0) is 0 Å². The standard InChI is InChI=1S/C13H10BrIN2O/c14-11-3-1-2-4-12(11)17-13(18)16-10-7-5-9(15)6-8-10/h1-8H,(H2,16,17,18). The van der Waals surface area contributed by atoms with Gasteiger partial charge in [0.25, 0.3) is 0 Å². The predicted molar refractivity (Wildman–Crippen MR) is 85.9 cm³/mol. The molecule has 0 radical (unpaired) electrons. The molecular weight excluding hydrogens is 407 g/mol. The van der Waals surface area contributed by atoms with Gasteiger partial charge in [0.1, 0.15) is 0 Å². The van der Waals surface area contributed by atoms with Crippen molar-refractivity contribution >= 4 is 55.9 Å². The van der Waals surface area contributed by atoms with E-state index in [1.165, 1.54) is 0 Å². The van der Waals surface area contributed by atoms with Crippen molar-refractivity contribution in [3.8, 4) is 0 Å². The molecule has 2 amide bonds. The van der Waals surface area contributed by atoms with Crippen molar-refractivity contribution < 1.29 is 4.79 Å². The van der Waals surface area contributed by atoms with Crippen molar-refractivity contribution in [2.24, 2.45) is 0 Å². The number of benzene rings is 2. The first-order valence-electron chi connectivity index (χ1n) is 5.23. The summed E-state index contributed by atoms with van der Waals surface area (Å²) in [4.78, 5) is 11.8. The van der Waals surface area contributed by atoms with Crippen LogP contribution in [0.3, 0.4) is 0 Å². The largest absolute Gasteiger partial charge is 0.323 e. The van der Waals surface area contributed by atoms with Gasteiger partial charge in [0.15, 0.2) is 0 Å². The van der Waals surface area contributed by atoms with Crippen LogP contribution in [0.15, 0.2) is 53.0 Å². The Labute approximate surface area is 127 Å². The molecule has 3 nitrogen and oxygen atoms in total. The zero-order valence-corrected chi connectivity index (χ0v) is 13.0. The second kappa shape index (κ2) is 6.19. The molecule has 0 aliphatic carbocycles. The number of carbonyl (C=O) groups is 1. The van der Waals surface area contributed by atoms with Crippen molar-refractivity contribution in [1.29, 1.82) is 0 Å². The van der Waals surface area contributed by atoms with Crippen LogP contribution in [0.25, 0.3) is 0 Å². The van der Waals surface area contributed by atoms with Gasteiger partial charge in [-0.25, -0.2) is 4.79 Å². The molecule has 0 unspecified atom stereocenters. The van der Waals surface area contributed by atoms with E-state index in [0.717, 1.165) is 19.4 Å². The number of amides is 2. The highest BCUT2D eigenvalue weighted by Crippen LogP contribution is 2.21. The summed E-state index contributed by atoms with van der Waals surface area (Å²) in [5, 5.41) is 5.55. The van der Waals surface area contributed by atoms with E-state index in [2.05, 4.69) is 49.2 Å². The predicted octanol–water partition coefficient (Wildman–Crippen LogP) is 4.70. The molecule has 0 spiro atoms. The summed E-state index contributed by atoms with van der Waals surface area (Å²) in [6.45, 7) is 0. The lowest BCUT2D eigenvalue weighted by Crippen LogP contribution is -2.19. The van der Waals surface area contributed by atoms with E-state index in [1.54, 1.807) is 0 Å². The van der Waals surface area contributed by atoms with Crippen molar-refractivity contribution in [3.63, 3.8) is 0 Å². The van der Waals surface area contributed by atoms with Gasteiger partial charge in [-0.15, -0.1) is 0 Å². The first kappa shape index (κ1) is 13.4. The molecule has 0 saturated heterocycles. The first-order valence-corrected chi connectivity index (χ1v) is 7.10. The van der Waals surface area contributed by atoms with Crippen molar-refractivity contribution in [2.45, 2.75) is 0 Å². The molecule has 0 aliphatic rings. The van der Waals surface area contributed by atoms with E-state index in [-0.39, 0.29) is 6.03 Å². The second-order valence-electron chi connectivity index (χ2n) is 3.57. The molecule has 0 aliphatic heterocycles. The number of nitrogens with one attached hydrogen (secondary N) is 2. The smallest absolute Gasteiger partial charge is 0.308 e. The number of halogens is 2. The maximum atomic E-state index is 11.8. The normalized spacial score (nSPS) is 9.89. The molecule has 2 rings (SSSR count). The average molecular weight is 417 g/mol. The van der Waals surface area contributed by atoms with Crippen LogP contribution >= 0.6 is 38.5 Å². The lowest BCUT2D eigenvalue weighted by atomic mass is 10.3. The molecule has 0 aromatic heterocycles. The van der Waals surface area contributed by atoms with Gasteiger partial charge in [-0.1, -0.05) is 12.1 Å². The van der Waals surface area contributed by atoms with Crippen LogP contribution in [0.1, 0.15) is 0 Å². The van der Waals surface area contributed by atoms with Crippen LogP contribution in [0.5, 0.6) is 0 Å². The zero-order chi connectivity index (χ0) is 13.0. The third-order valence-electron chi connectivity index (χ3n) is 2.22. The van der Waals surface area contributed by atoms with Crippen LogP contribution in [-0.4, -0.2) is 6.03 Å². The summed E-state index contributed by atoms with van der Waals surface area (Å²) in [6, 6.07) is 14.8. The number of carbonyl (C=O) groups excluding carboxylic acids is 1. The molecule has 92 valence electrons. The van der Waals surface area contributed by atoms with E-state index < -0.39 is 0 Å². The van der Waals surface area contributed by atoms with Crippen LogP contribution < -0.4 is 10.6 Å². The van der Waals surface area contributed by atoms with Crippen molar-refractivity contribution in [3.05, 3.63) is 56.6 Å². The van der Waals surface area contributed by atoms with E-state index in [0.29, 0.717) is 0 Å². The van der Waals surface area contributed by atoms with Gasteiger partial charge in [-0.2, -0.15) is 0 Å². The summed E-state index contributed by atoms with van der Waals surface area (Å²) in [7, 11) is 0. The van der Waals surface area contributed by atoms with Crippen LogP contribution in [0.2, 0.25) is 0 Å². The second-order valence-corrected chi connectivity index (χ2v) is 5.67. The highest BCUT2D eigenvalue weighted by atomic mass is 127. The molecule has 2 N–H and O–H groups in total. The summed E-state index contributed by atoms with van der Waals surface area (Å²) >= 11 is 5.59. The average Bonchev–Trinajstić information content (AvgIpc) is 2.35. The molecule has 0 heterocycles. The van der Waals surface area contributed by atoms with E-state index in [4.69, 9.17) is 0 Å². The van der Waals surface area contributed by atoms with Gasteiger partial charge in [-0.05, 0) is 74.9 Å².